The highest BCUT2D eigenvalue weighted by atomic mass is 16.5. The first-order valence-electron chi connectivity index (χ1n) is 8.15. The normalized spacial score (nSPS) is 18.4. The van der Waals surface area contributed by atoms with Crippen molar-refractivity contribution < 1.29 is 19.4 Å². The van der Waals surface area contributed by atoms with Crippen LogP contribution in [0.25, 0.3) is 0 Å². The molecule has 0 spiro atoms. The summed E-state index contributed by atoms with van der Waals surface area (Å²) in [7, 11) is 0. The van der Waals surface area contributed by atoms with Crippen LogP contribution in [-0.2, 0) is 19.7 Å². The van der Waals surface area contributed by atoms with Gasteiger partial charge in [-0.05, 0) is 57.2 Å². The second-order valence-corrected chi connectivity index (χ2v) is 6.58. The van der Waals surface area contributed by atoms with E-state index < -0.39 is 11.4 Å². The third-order valence-electron chi connectivity index (χ3n) is 4.39. The molecule has 1 amide bonds. The quantitative estimate of drug-likeness (QED) is 0.843. The van der Waals surface area contributed by atoms with E-state index in [-0.39, 0.29) is 12.0 Å². The van der Waals surface area contributed by atoms with Gasteiger partial charge >= 0.3 is 5.97 Å². The third kappa shape index (κ3) is 4.79. The summed E-state index contributed by atoms with van der Waals surface area (Å²) in [6.07, 6.45) is 4.71. The summed E-state index contributed by atoms with van der Waals surface area (Å²) in [6, 6.07) is 6.98. The van der Waals surface area contributed by atoms with Gasteiger partial charge in [0, 0.05) is 18.7 Å². The number of rotatable bonds is 6. The molecule has 1 unspecified atom stereocenters. The molecule has 0 radical (unpaired) electrons. The van der Waals surface area contributed by atoms with E-state index in [9.17, 15) is 14.7 Å². The molecular weight excluding hydrogens is 294 g/mol. The lowest BCUT2D eigenvalue weighted by molar-refractivity contribution is -0.142. The molecule has 5 heteroatoms. The molecule has 1 fully saturated rings. The van der Waals surface area contributed by atoms with Gasteiger partial charge in [0.1, 0.15) is 0 Å². The molecule has 0 saturated carbocycles. The number of benzene rings is 1. The molecule has 1 aliphatic rings. The van der Waals surface area contributed by atoms with Crippen LogP contribution in [0.5, 0.6) is 0 Å². The van der Waals surface area contributed by atoms with Crippen LogP contribution in [-0.4, -0.2) is 29.7 Å². The van der Waals surface area contributed by atoms with Gasteiger partial charge in [-0.15, -0.1) is 0 Å². The number of aliphatic carboxylic acids is 1. The van der Waals surface area contributed by atoms with Gasteiger partial charge in [0.05, 0.1) is 11.5 Å². The van der Waals surface area contributed by atoms with E-state index in [1.54, 1.807) is 38.1 Å². The average molecular weight is 319 g/mol. The number of anilines is 1. The Labute approximate surface area is 137 Å². The zero-order valence-electron chi connectivity index (χ0n) is 13.8. The summed E-state index contributed by atoms with van der Waals surface area (Å²) in [5.41, 5.74) is 0.448. The van der Waals surface area contributed by atoms with E-state index in [0.29, 0.717) is 17.7 Å². The van der Waals surface area contributed by atoms with Crippen molar-refractivity contribution in [2.75, 3.05) is 11.9 Å². The fraction of sp³-hybridized carbons (Fsp3) is 0.556. The van der Waals surface area contributed by atoms with Crippen LogP contribution in [0.15, 0.2) is 24.3 Å². The maximum atomic E-state index is 12.0. The molecule has 2 rings (SSSR count). The molecule has 0 aliphatic carbocycles. The fourth-order valence-corrected chi connectivity index (χ4v) is 2.64. The number of carbonyl (C=O) groups excluding carboxylic acids is 1. The van der Waals surface area contributed by atoms with Gasteiger partial charge in [0.2, 0.25) is 5.91 Å². The Balaban J connectivity index is 1.85. The minimum Gasteiger partial charge on any atom is -0.481 e. The number of carboxylic acids is 1. The molecule has 2 N–H and O–H groups in total. The van der Waals surface area contributed by atoms with Gasteiger partial charge in [0.15, 0.2) is 0 Å². The summed E-state index contributed by atoms with van der Waals surface area (Å²) in [5.74, 6) is -0.911. The SMILES string of the molecule is CC(C)(C(=O)O)c1ccc(NC(=O)CCC2CCCCO2)cc1. The third-order valence-corrected chi connectivity index (χ3v) is 4.39. The van der Waals surface area contributed by atoms with E-state index in [1.807, 2.05) is 0 Å². The molecule has 1 aromatic carbocycles. The first kappa shape index (κ1) is 17.5. The topological polar surface area (TPSA) is 75.6 Å². The van der Waals surface area contributed by atoms with Crippen molar-refractivity contribution >= 4 is 17.6 Å². The second kappa shape index (κ2) is 7.59. The Hall–Kier alpha value is -1.88. The number of carbonyl (C=O) groups is 2. The summed E-state index contributed by atoms with van der Waals surface area (Å²) < 4.78 is 5.62. The Kier molecular flexibility index (Phi) is 5.77. The standard InChI is InChI=1S/C18H25NO4/c1-18(2,17(21)22)13-6-8-14(9-7-13)19-16(20)11-10-15-5-3-4-12-23-15/h6-9,15H,3-5,10-12H2,1-2H3,(H,19,20)(H,21,22). The van der Waals surface area contributed by atoms with Crippen molar-refractivity contribution in [3.8, 4) is 0 Å². The lowest BCUT2D eigenvalue weighted by Crippen LogP contribution is -2.28. The highest BCUT2D eigenvalue weighted by Crippen LogP contribution is 2.25. The zero-order chi connectivity index (χ0) is 16.9. The Morgan fingerprint density at radius 3 is 2.52 bits per heavy atom. The van der Waals surface area contributed by atoms with Gasteiger partial charge in [-0.25, -0.2) is 0 Å². The van der Waals surface area contributed by atoms with Crippen LogP contribution in [0.2, 0.25) is 0 Å². The van der Waals surface area contributed by atoms with Gasteiger partial charge in [-0.3, -0.25) is 9.59 Å². The number of nitrogens with one attached hydrogen (secondary N) is 1. The predicted molar refractivity (Wildman–Crippen MR) is 88.6 cm³/mol. The molecule has 0 bridgehead atoms. The van der Waals surface area contributed by atoms with Crippen molar-refractivity contribution in [2.45, 2.75) is 57.5 Å². The van der Waals surface area contributed by atoms with Crippen LogP contribution < -0.4 is 5.32 Å². The molecule has 1 aromatic rings. The van der Waals surface area contributed by atoms with Crippen molar-refractivity contribution in [3.63, 3.8) is 0 Å². The highest BCUT2D eigenvalue weighted by Gasteiger charge is 2.29. The first-order valence-corrected chi connectivity index (χ1v) is 8.15. The second-order valence-electron chi connectivity index (χ2n) is 6.58. The van der Waals surface area contributed by atoms with E-state index in [0.717, 1.165) is 25.9 Å². The minimum atomic E-state index is -0.944. The maximum absolute atomic E-state index is 12.0. The molecule has 1 aliphatic heterocycles. The molecular formula is C18H25NO4. The summed E-state index contributed by atoms with van der Waals surface area (Å²) >= 11 is 0. The van der Waals surface area contributed by atoms with Crippen LogP contribution in [0.4, 0.5) is 5.69 Å². The van der Waals surface area contributed by atoms with E-state index in [2.05, 4.69) is 5.32 Å². The molecule has 23 heavy (non-hydrogen) atoms. The number of ether oxygens (including phenoxy) is 1. The summed E-state index contributed by atoms with van der Waals surface area (Å²) in [5, 5.41) is 12.1. The molecule has 1 saturated heterocycles. The fourth-order valence-electron chi connectivity index (χ4n) is 2.64. The lowest BCUT2D eigenvalue weighted by Gasteiger charge is -2.22. The van der Waals surface area contributed by atoms with Crippen LogP contribution in [0.1, 0.15) is 51.5 Å². The summed E-state index contributed by atoms with van der Waals surface area (Å²) in [4.78, 5) is 23.2. The summed E-state index contributed by atoms with van der Waals surface area (Å²) in [6.45, 7) is 4.12. The molecule has 1 heterocycles. The number of hydrogen-bond donors (Lipinski definition) is 2. The Morgan fingerprint density at radius 2 is 1.96 bits per heavy atom. The monoisotopic (exact) mass is 319 g/mol. The van der Waals surface area contributed by atoms with Gasteiger partial charge in [-0.1, -0.05) is 12.1 Å². The van der Waals surface area contributed by atoms with Crippen molar-refractivity contribution in [1.29, 1.82) is 0 Å². The number of amides is 1. The molecule has 126 valence electrons. The molecule has 1 atom stereocenters. The van der Waals surface area contributed by atoms with Crippen molar-refractivity contribution in [3.05, 3.63) is 29.8 Å². The van der Waals surface area contributed by atoms with Crippen LogP contribution in [0, 0.1) is 0 Å². The minimum absolute atomic E-state index is 0.0376. The number of hydrogen-bond acceptors (Lipinski definition) is 3. The molecule has 0 aromatic heterocycles. The van der Waals surface area contributed by atoms with E-state index >= 15 is 0 Å². The molecule has 5 nitrogen and oxygen atoms in total. The zero-order valence-corrected chi connectivity index (χ0v) is 13.8. The van der Waals surface area contributed by atoms with E-state index in [4.69, 9.17) is 4.74 Å². The van der Waals surface area contributed by atoms with Crippen LogP contribution in [0.3, 0.4) is 0 Å². The van der Waals surface area contributed by atoms with Gasteiger partial charge in [0.25, 0.3) is 0 Å². The van der Waals surface area contributed by atoms with Crippen LogP contribution >= 0.6 is 0 Å². The smallest absolute Gasteiger partial charge is 0.313 e. The maximum Gasteiger partial charge on any atom is 0.313 e. The number of carboxylic acid groups (broad SMARTS) is 1. The van der Waals surface area contributed by atoms with Crippen molar-refractivity contribution in [1.82, 2.24) is 0 Å². The van der Waals surface area contributed by atoms with Crippen molar-refractivity contribution in [2.24, 2.45) is 0 Å². The largest absolute Gasteiger partial charge is 0.481 e. The predicted octanol–water partition coefficient (Wildman–Crippen LogP) is 3.34. The highest BCUT2D eigenvalue weighted by molar-refractivity contribution is 5.90. The Bertz CT molecular complexity index is 545. The Morgan fingerprint density at radius 1 is 1.26 bits per heavy atom. The lowest BCUT2D eigenvalue weighted by atomic mass is 9.85. The van der Waals surface area contributed by atoms with Gasteiger partial charge < -0.3 is 15.2 Å². The average Bonchev–Trinajstić information content (AvgIpc) is 2.54. The first-order chi connectivity index (χ1) is 10.9. The van der Waals surface area contributed by atoms with Gasteiger partial charge in [-0.2, -0.15) is 0 Å². The van der Waals surface area contributed by atoms with E-state index in [1.165, 1.54) is 6.42 Å².